The summed E-state index contributed by atoms with van der Waals surface area (Å²) in [7, 11) is 1.63. The molecule has 0 atom stereocenters. The lowest BCUT2D eigenvalue weighted by Gasteiger charge is -2.36. The number of carbonyl (C=O) groups excluding carboxylic acids is 1. The molecule has 3 aromatic rings. The first-order chi connectivity index (χ1) is 15.0. The van der Waals surface area contributed by atoms with Crippen molar-refractivity contribution in [3.8, 4) is 17.0 Å². The Bertz CT molecular complexity index is 1120. The van der Waals surface area contributed by atoms with Crippen molar-refractivity contribution in [1.82, 2.24) is 14.5 Å². The van der Waals surface area contributed by atoms with E-state index in [2.05, 4.69) is 9.88 Å². The molecule has 1 aliphatic heterocycles. The maximum atomic E-state index is 13.9. The number of amides is 1. The number of nitrogens with zero attached hydrogens (tertiary/aromatic N) is 4. The van der Waals surface area contributed by atoms with Crippen LogP contribution in [0.25, 0.3) is 11.3 Å². The molecule has 1 aromatic heterocycles. The number of anilines is 1. The van der Waals surface area contributed by atoms with Gasteiger partial charge in [-0.25, -0.2) is 9.37 Å². The third-order valence-electron chi connectivity index (χ3n) is 5.40. The van der Waals surface area contributed by atoms with E-state index in [-0.39, 0.29) is 23.7 Å². The Balaban J connectivity index is 1.38. The van der Waals surface area contributed by atoms with Gasteiger partial charge < -0.3 is 14.5 Å². The van der Waals surface area contributed by atoms with Crippen LogP contribution in [0.3, 0.4) is 0 Å². The van der Waals surface area contributed by atoms with E-state index >= 15 is 0 Å². The van der Waals surface area contributed by atoms with Crippen molar-refractivity contribution < 1.29 is 13.9 Å². The molecule has 0 saturated carbocycles. The third kappa shape index (κ3) is 4.58. The van der Waals surface area contributed by atoms with E-state index in [1.165, 1.54) is 23.0 Å². The number of aromatic nitrogens is 2. The minimum Gasteiger partial charge on any atom is -0.497 e. The summed E-state index contributed by atoms with van der Waals surface area (Å²) in [5, 5.41) is 0. The molecule has 0 spiro atoms. The van der Waals surface area contributed by atoms with Crippen LogP contribution < -0.4 is 15.2 Å². The van der Waals surface area contributed by atoms with Crippen molar-refractivity contribution in [2.45, 2.75) is 6.54 Å². The second-order valence-electron chi connectivity index (χ2n) is 7.29. The van der Waals surface area contributed by atoms with E-state index in [1.807, 2.05) is 24.3 Å². The van der Waals surface area contributed by atoms with Gasteiger partial charge in [0.15, 0.2) is 0 Å². The van der Waals surface area contributed by atoms with Crippen LogP contribution in [0.2, 0.25) is 0 Å². The summed E-state index contributed by atoms with van der Waals surface area (Å²) in [6.07, 6.45) is 1.30. The van der Waals surface area contributed by atoms with Crippen LogP contribution in [0.4, 0.5) is 10.1 Å². The van der Waals surface area contributed by atoms with Crippen molar-refractivity contribution in [1.29, 1.82) is 0 Å². The first-order valence-corrected chi connectivity index (χ1v) is 10.0. The Hall–Kier alpha value is -3.68. The number of rotatable bonds is 5. The maximum absolute atomic E-state index is 13.9. The van der Waals surface area contributed by atoms with Gasteiger partial charge in [0.25, 0.3) is 5.56 Å². The summed E-state index contributed by atoms with van der Waals surface area (Å²) in [4.78, 5) is 33.3. The molecule has 4 rings (SSSR count). The van der Waals surface area contributed by atoms with Crippen molar-refractivity contribution >= 4 is 11.6 Å². The quantitative estimate of drug-likeness (QED) is 0.632. The van der Waals surface area contributed by atoms with Gasteiger partial charge in [-0.3, -0.25) is 14.2 Å². The van der Waals surface area contributed by atoms with Crippen LogP contribution in [0.15, 0.2) is 65.7 Å². The summed E-state index contributed by atoms with van der Waals surface area (Å²) in [5.74, 6) is 0.215. The molecule has 1 saturated heterocycles. The highest BCUT2D eigenvalue weighted by Crippen LogP contribution is 2.21. The molecule has 0 N–H and O–H groups in total. The zero-order valence-electron chi connectivity index (χ0n) is 17.2. The van der Waals surface area contributed by atoms with Gasteiger partial charge in [0.2, 0.25) is 5.91 Å². The van der Waals surface area contributed by atoms with Gasteiger partial charge in [0.05, 0.1) is 19.1 Å². The van der Waals surface area contributed by atoms with Gasteiger partial charge >= 0.3 is 0 Å². The largest absolute Gasteiger partial charge is 0.497 e. The zero-order valence-corrected chi connectivity index (χ0v) is 17.2. The summed E-state index contributed by atoms with van der Waals surface area (Å²) in [6.45, 7) is 2.46. The van der Waals surface area contributed by atoms with Crippen molar-refractivity contribution in [2.75, 3.05) is 38.2 Å². The van der Waals surface area contributed by atoms with E-state index in [9.17, 15) is 14.0 Å². The third-order valence-corrected chi connectivity index (χ3v) is 5.40. The van der Waals surface area contributed by atoms with Gasteiger partial charge in [-0.05, 0) is 36.4 Å². The van der Waals surface area contributed by atoms with E-state index in [0.29, 0.717) is 26.2 Å². The Kier molecular flexibility index (Phi) is 5.97. The van der Waals surface area contributed by atoms with E-state index in [0.717, 1.165) is 11.4 Å². The molecule has 0 unspecified atom stereocenters. The number of ether oxygens (including phenoxy) is 1. The van der Waals surface area contributed by atoms with Crippen molar-refractivity contribution in [3.05, 3.63) is 77.1 Å². The van der Waals surface area contributed by atoms with Crippen molar-refractivity contribution in [2.24, 2.45) is 0 Å². The molecule has 0 bridgehead atoms. The van der Waals surface area contributed by atoms with Gasteiger partial charge in [0.1, 0.15) is 18.1 Å². The monoisotopic (exact) mass is 422 g/mol. The number of hydrogen-bond donors (Lipinski definition) is 0. The van der Waals surface area contributed by atoms with E-state index in [1.54, 1.807) is 30.2 Å². The fourth-order valence-corrected chi connectivity index (χ4v) is 3.61. The number of halogens is 1. The van der Waals surface area contributed by atoms with Crippen LogP contribution in [0, 0.1) is 5.82 Å². The van der Waals surface area contributed by atoms with Crippen LogP contribution in [-0.2, 0) is 11.3 Å². The Morgan fingerprint density at radius 3 is 2.42 bits per heavy atom. The van der Waals surface area contributed by atoms with Crippen LogP contribution in [0.5, 0.6) is 5.75 Å². The zero-order chi connectivity index (χ0) is 21.8. The molecule has 1 amide bonds. The lowest BCUT2D eigenvalue weighted by Crippen LogP contribution is -2.50. The molecule has 2 aromatic carbocycles. The molecular formula is C23H23FN4O3. The summed E-state index contributed by atoms with van der Waals surface area (Å²) in [6, 6.07) is 15.2. The van der Waals surface area contributed by atoms with Gasteiger partial charge in [-0.1, -0.05) is 12.1 Å². The first kappa shape index (κ1) is 20.6. The molecule has 1 fully saturated rings. The lowest BCUT2D eigenvalue weighted by molar-refractivity contribution is -0.132. The lowest BCUT2D eigenvalue weighted by atomic mass is 10.1. The van der Waals surface area contributed by atoms with Gasteiger partial charge in [-0.2, -0.15) is 0 Å². The van der Waals surface area contributed by atoms with E-state index < -0.39 is 11.4 Å². The van der Waals surface area contributed by atoms with Crippen molar-refractivity contribution in [3.63, 3.8) is 0 Å². The fraction of sp³-hybridized carbons (Fsp3) is 0.261. The van der Waals surface area contributed by atoms with E-state index in [4.69, 9.17) is 4.74 Å². The van der Waals surface area contributed by atoms with Gasteiger partial charge in [0, 0.05) is 43.5 Å². The molecule has 1 aliphatic rings. The minimum absolute atomic E-state index is 0.0913. The standard InChI is InChI=1S/C23H23FN4O3/c1-31-18-8-6-17(7-9-18)26-10-12-27(13-11-26)23(30)15-28-16-25-21(14-22(28)29)19-4-2-3-5-20(19)24/h2-9,14,16H,10-13,15H2,1H3. The first-order valence-electron chi connectivity index (χ1n) is 10.0. The molecule has 0 aliphatic carbocycles. The topological polar surface area (TPSA) is 67.7 Å². The average Bonchev–Trinajstić information content (AvgIpc) is 2.81. The van der Waals surface area contributed by atoms with Crippen LogP contribution in [0.1, 0.15) is 0 Å². The maximum Gasteiger partial charge on any atom is 0.254 e. The summed E-state index contributed by atoms with van der Waals surface area (Å²) < 4.78 is 20.4. The molecule has 8 heteroatoms. The Morgan fingerprint density at radius 2 is 1.77 bits per heavy atom. The highest BCUT2D eigenvalue weighted by Gasteiger charge is 2.22. The number of piperazine rings is 1. The fourth-order valence-electron chi connectivity index (χ4n) is 3.61. The predicted octanol–water partition coefficient (Wildman–Crippen LogP) is 2.41. The molecular weight excluding hydrogens is 399 g/mol. The molecule has 2 heterocycles. The van der Waals surface area contributed by atoms with Crippen LogP contribution >= 0.6 is 0 Å². The highest BCUT2D eigenvalue weighted by atomic mass is 19.1. The van der Waals surface area contributed by atoms with Gasteiger partial charge in [-0.15, -0.1) is 0 Å². The normalized spacial score (nSPS) is 13.9. The minimum atomic E-state index is -0.446. The predicted molar refractivity (Wildman–Crippen MR) is 116 cm³/mol. The molecule has 0 radical (unpaired) electrons. The summed E-state index contributed by atoms with van der Waals surface area (Å²) >= 11 is 0. The SMILES string of the molecule is COc1ccc(N2CCN(C(=O)Cn3cnc(-c4ccccc4F)cc3=O)CC2)cc1. The number of hydrogen-bond acceptors (Lipinski definition) is 5. The number of benzene rings is 2. The highest BCUT2D eigenvalue weighted by molar-refractivity contribution is 5.76. The Labute approximate surface area is 179 Å². The smallest absolute Gasteiger partial charge is 0.254 e. The Morgan fingerprint density at radius 1 is 1.06 bits per heavy atom. The average molecular weight is 422 g/mol. The molecule has 7 nitrogen and oxygen atoms in total. The summed E-state index contributed by atoms with van der Waals surface area (Å²) in [5.41, 5.74) is 1.20. The molecule has 160 valence electrons. The second kappa shape index (κ2) is 8.99. The number of methoxy groups -OCH3 is 1. The molecule has 31 heavy (non-hydrogen) atoms. The number of carbonyl (C=O) groups is 1. The second-order valence-corrected chi connectivity index (χ2v) is 7.29. The van der Waals surface area contributed by atoms with Crippen LogP contribution in [-0.4, -0.2) is 53.6 Å².